The van der Waals surface area contributed by atoms with Gasteiger partial charge in [0.2, 0.25) is 17.7 Å². The first kappa shape index (κ1) is 20.6. The zero-order valence-corrected chi connectivity index (χ0v) is 16.7. The molecule has 0 aliphatic rings. The summed E-state index contributed by atoms with van der Waals surface area (Å²) in [4.78, 5) is 28.2. The van der Waals surface area contributed by atoms with Crippen LogP contribution in [0, 0.1) is 0 Å². The molecular formula is C21H21N3O4S. The van der Waals surface area contributed by atoms with Crippen LogP contribution in [0.4, 0.5) is 11.4 Å². The molecule has 2 amide bonds. The number of hydrogen-bond acceptors (Lipinski definition) is 6. The monoisotopic (exact) mass is 411 g/mol. The maximum Gasteiger partial charge on any atom is 0.250 e. The van der Waals surface area contributed by atoms with E-state index in [1.807, 2.05) is 30.3 Å². The van der Waals surface area contributed by atoms with Gasteiger partial charge in [0.15, 0.2) is 0 Å². The van der Waals surface area contributed by atoms with Crippen LogP contribution in [-0.4, -0.2) is 36.3 Å². The number of oxazole rings is 1. The van der Waals surface area contributed by atoms with Crippen LogP contribution in [0.25, 0.3) is 11.5 Å². The lowest BCUT2D eigenvalue weighted by Crippen LogP contribution is -2.18. The Morgan fingerprint density at radius 3 is 2.48 bits per heavy atom. The van der Waals surface area contributed by atoms with Gasteiger partial charge in [-0.2, -0.15) is 0 Å². The molecule has 150 valence electrons. The van der Waals surface area contributed by atoms with Crippen molar-refractivity contribution in [2.24, 2.45) is 0 Å². The highest BCUT2D eigenvalue weighted by atomic mass is 32.2. The fourth-order valence-corrected chi connectivity index (χ4v) is 3.24. The normalized spacial score (nSPS) is 10.5. The van der Waals surface area contributed by atoms with Gasteiger partial charge >= 0.3 is 0 Å². The Labute approximate surface area is 172 Å². The molecule has 7 nitrogen and oxygen atoms in total. The molecule has 1 aromatic heterocycles. The number of thioether (sulfide) groups is 1. The van der Waals surface area contributed by atoms with Gasteiger partial charge in [0.1, 0.15) is 12.9 Å². The van der Waals surface area contributed by atoms with E-state index in [4.69, 9.17) is 9.15 Å². The van der Waals surface area contributed by atoms with Crippen molar-refractivity contribution in [1.82, 2.24) is 4.98 Å². The molecule has 0 radical (unpaired) electrons. The van der Waals surface area contributed by atoms with Gasteiger partial charge in [0.05, 0.1) is 11.4 Å². The highest BCUT2D eigenvalue weighted by Gasteiger charge is 2.09. The van der Waals surface area contributed by atoms with Gasteiger partial charge in [-0.25, -0.2) is 4.98 Å². The number of carbonyl (C=O) groups excluding carboxylic acids is 2. The summed E-state index contributed by atoms with van der Waals surface area (Å²) in [7, 11) is 1.45. The van der Waals surface area contributed by atoms with Crippen LogP contribution in [0.2, 0.25) is 0 Å². The minimum Gasteiger partial charge on any atom is -0.444 e. The number of benzene rings is 2. The topological polar surface area (TPSA) is 93.5 Å². The molecular weight excluding hydrogens is 390 g/mol. The predicted octanol–water partition coefficient (Wildman–Crippen LogP) is 3.80. The summed E-state index contributed by atoms with van der Waals surface area (Å²) >= 11 is 1.44. The second-order valence-corrected chi connectivity index (χ2v) is 7.10. The Hall–Kier alpha value is -3.10. The Bertz CT molecular complexity index is 959. The third-order valence-corrected chi connectivity index (χ3v) is 4.73. The van der Waals surface area contributed by atoms with Crippen LogP contribution in [-0.2, 0) is 20.1 Å². The van der Waals surface area contributed by atoms with Crippen LogP contribution in [0.1, 0.15) is 5.69 Å². The number of nitrogens with zero attached hydrogens (tertiary/aromatic N) is 1. The van der Waals surface area contributed by atoms with Crippen LogP contribution < -0.4 is 10.6 Å². The molecule has 2 aromatic carbocycles. The molecule has 0 unspecified atom stereocenters. The minimum absolute atomic E-state index is 0.0265. The zero-order chi connectivity index (χ0) is 20.5. The second kappa shape index (κ2) is 10.4. The van der Waals surface area contributed by atoms with Gasteiger partial charge in [-0.1, -0.05) is 24.3 Å². The lowest BCUT2D eigenvalue weighted by Gasteiger charge is -2.08. The standard InChI is InChI=1S/C21H21N3O4S/c1-27-12-19(25)22-16-8-5-9-17(10-16)23-20(26)14-29-13-18-11-28-21(24-18)15-6-3-2-4-7-15/h2-11H,12-14H2,1H3,(H,22,25)(H,23,26). The largest absolute Gasteiger partial charge is 0.444 e. The van der Waals surface area contributed by atoms with E-state index in [0.717, 1.165) is 11.3 Å². The molecule has 0 aliphatic heterocycles. The first-order chi connectivity index (χ1) is 14.1. The number of anilines is 2. The lowest BCUT2D eigenvalue weighted by molar-refractivity contribution is -0.119. The van der Waals surface area contributed by atoms with Crippen molar-refractivity contribution in [2.75, 3.05) is 30.1 Å². The van der Waals surface area contributed by atoms with E-state index in [-0.39, 0.29) is 24.2 Å². The summed E-state index contributed by atoms with van der Waals surface area (Å²) in [6, 6.07) is 16.6. The van der Waals surface area contributed by atoms with Crippen molar-refractivity contribution >= 4 is 35.0 Å². The Morgan fingerprint density at radius 1 is 1.03 bits per heavy atom. The average molecular weight is 411 g/mol. The molecule has 29 heavy (non-hydrogen) atoms. The number of methoxy groups -OCH3 is 1. The number of aromatic nitrogens is 1. The smallest absolute Gasteiger partial charge is 0.250 e. The van der Waals surface area contributed by atoms with E-state index in [0.29, 0.717) is 23.0 Å². The van der Waals surface area contributed by atoms with Crippen molar-refractivity contribution in [3.05, 3.63) is 66.6 Å². The van der Waals surface area contributed by atoms with Crippen molar-refractivity contribution in [1.29, 1.82) is 0 Å². The molecule has 0 saturated heterocycles. The quantitative estimate of drug-likeness (QED) is 0.556. The third-order valence-electron chi connectivity index (χ3n) is 3.76. The SMILES string of the molecule is COCC(=O)Nc1cccc(NC(=O)CSCc2coc(-c3ccccc3)n2)c1. The molecule has 0 fully saturated rings. The van der Waals surface area contributed by atoms with Gasteiger partial charge < -0.3 is 19.8 Å². The fourth-order valence-electron chi connectivity index (χ4n) is 2.53. The number of carbonyl (C=O) groups is 2. The predicted molar refractivity (Wildman–Crippen MR) is 114 cm³/mol. The van der Waals surface area contributed by atoms with Crippen LogP contribution >= 0.6 is 11.8 Å². The maximum absolute atomic E-state index is 12.2. The number of amides is 2. The molecule has 0 spiro atoms. The van der Waals surface area contributed by atoms with E-state index < -0.39 is 0 Å². The highest BCUT2D eigenvalue weighted by Crippen LogP contribution is 2.21. The number of rotatable bonds is 9. The first-order valence-electron chi connectivity index (χ1n) is 8.90. The molecule has 0 aliphatic carbocycles. The Morgan fingerprint density at radius 2 is 1.76 bits per heavy atom. The summed E-state index contributed by atoms with van der Waals surface area (Å²) < 4.78 is 10.3. The maximum atomic E-state index is 12.2. The minimum atomic E-state index is -0.256. The van der Waals surface area contributed by atoms with Gasteiger partial charge in [-0.15, -0.1) is 11.8 Å². The number of hydrogen-bond donors (Lipinski definition) is 2. The van der Waals surface area contributed by atoms with Gasteiger partial charge in [-0.3, -0.25) is 9.59 Å². The van der Waals surface area contributed by atoms with E-state index in [1.54, 1.807) is 30.5 Å². The summed E-state index contributed by atoms with van der Waals surface area (Å²) in [5.41, 5.74) is 2.90. The first-order valence-corrected chi connectivity index (χ1v) is 10.1. The highest BCUT2D eigenvalue weighted by molar-refractivity contribution is 7.99. The average Bonchev–Trinajstić information content (AvgIpc) is 3.18. The van der Waals surface area contributed by atoms with Crippen molar-refractivity contribution in [2.45, 2.75) is 5.75 Å². The van der Waals surface area contributed by atoms with Crippen molar-refractivity contribution < 1.29 is 18.7 Å². The van der Waals surface area contributed by atoms with Gasteiger partial charge in [-0.05, 0) is 30.3 Å². The Kier molecular flexibility index (Phi) is 7.43. The molecule has 0 atom stereocenters. The third kappa shape index (κ3) is 6.48. The van der Waals surface area contributed by atoms with E-state index in [1.165, 1.54) is 18.9 Å². The van der Waals surface area contributed by atoms with Crippen LogP contribution in [0.15, 0.2) is 65.3 Å². The zero-order valence-electron chi connectivity index (χ0n) is 15.9. The van der Waals surface area contributed by atoms with Crippen LogP contribution in [0.5, 0.6) is 0 Å². The molecule has 2 N–H and O–H groups in total. The molecule has 0 saturated carbocycles. The molecule has 1 heterocycles. The molecule has 3 aromatic rings. The summed E-state index contributed by atoms with van der Waals surface area (Å²) in [6.07, 6.45) is 1.61. The second-order valence-electron chi connectivity index (χ2n) is 6.11. The molecule has 3 rings (SSSR count). The van der Waals surface area contributed by atoms with E-state index in [2.05, 4.69) is 15.6 Å². The van der Waals surface area contributed by atoms with Gasteiger partial charge in [0, 0.05) is 29.8 Å². The van der Waals surface area contributed by atoms with E-state index in [9.17, 15) is 9.59 Å². The van der Waals surface area contributed by atoms with Gasteiger partial charge in [0.25, 0.3) is 0 Å². The van der Waals surface area contributed by atoms with Crippen molar-refractivity contribution in [3.8, 4) is 11.5 Å². The van der Waals surface area contributed by atoms with E-state index >= 15 is 0 Å². The molecule has 8 heteroatoms. The summed E-state index contributed by atoms with van der Waals surface area (Å²) in [5, 5.41) is 5.52. The number of nitrogens with one attached hydrogen (secondary N) is 2. The number of ether oxygens (including phenoxy) is 1. The summed E-state index contributed by atoms with van der Waals surface area (Å²) in [6.45, 7) is -0.0265. The lowest BCUT2D eigenvalue weighted by atomic mass is 10.2. The van der Waals surface area contributed by atoms with Crippen molar-refractivity contribution in [3.63, 3.8) is 0 Å². The van der Waals surface area contributed by atoms with Crippen LogP contribution in [0.3, 0.4) is 0 Å². The Balaban J connectivity index is 1.46. The summed E-state index contributed by atoms with van der Waals surface area (Å²) in [5.74, 6) is 1.01. The fraction of sp³-hybridized carbons (Fsp3) is 0.190. The molecule has 0 bridgehead atoms.